The zero-order valence-corrected chi connectivity index (χ0v) is 11.9. The third kappa shape index (κ3) is 5.21. The van der Waals surface area contributed by atoms with Gasteiger partial charge >= 0.3 is 78.2 Å². The fourth-order valence-electron chi connectivity index (χ4n) is 0.402. The van der Waals surface area contributed by atoms with Crippen LogP contribution in [0.1, 0.15) is 0 Å². The molecule has 0 aliphatic heterocycles. The monoisotopic (exact) mass is 298 g/mol. The molecule has 0 radical (unpaired) electrons. The summed E-state index contributed by atoms with van der Waals surface area (Å²) in [5, 5.41) is 0. The molecule has 0 unspecified atom stereocenters. The summed E-state index contributed by atoms with van der Waals surface area (Å²) in [6.07, 6.45) is 0. The second-order valence-corrected chi connectivity index (χ2v) is 18.9. The summed E-state index contributed by atoms with van der Waals surface area (Å²) in [4.78, 5) is 6.41. The standard InChI is InChI=1S/C4H6O3P.3CH3.Sn/c1-4-8(5,6-2)7-3;;;;/h2-3H3;3*1H3;. The van der Waals surface area contributed by atoms with Crippen LogP contribution in [0.5, 0.6) is 0 Å². The van der Waals surface area contributed by atoms with Gasteiger partial charge in [-0.1, -0.05) is 0 Å². The SMILES string of the molecule is COP(=O)(C#[C][Sn]([CH3])([CH3])[CH3])OC. The first-order chi connectivity index (χ1) is 5.33. The van der Waals surface area contributed by atoms with E-state index in [4.69, 9.17) is 0 Å². The van der Waals surface area contributed by atoms with E-state index in [0.29, 0.717) is 0 Å². The molecule has 0 aliphatic rings. The van der Waals surface area contributed by atoms with E-state index >= 15 is 0 Å². The average Bonchev–Trinajstić information content (AvgIpc) is 1.99. The third-order valence-electron chi connectivity index (χ3n) is 1.05. The number of hydrogen-bond donors (Lipinski definition) is 0. The molecular formula is C7H15O3PSn. The maximum atomic E-state index is 11.4. The van der Waals surface area contributed by atoms with Crippen LogP contribution in [-0.2, 0) is 13.6 Å². The summed E-state index contributed by atoms with van der Waals surface area (Å²) in [6.45, 7) is 0. The predicted molar refractivity (Wildman–Crippen MR) is 52.7 cm³/mol. The summed E-state index contributed by atoms with van der Waals surface area (Å²) in [6, 6.07) is 0. The van der Waals surface area contributed by atoms with Gasteiger partial charge < -0.3 is 0 Å². The van der Waals surface area contributed by atoms with E-state index in [1.54, 1.807) is 0 Å². The molecule has 0 saturated carbocycles. The van der Waals surface area contributed by atoms with Gasteiger partial charge in [0.25, 0.3) is 0 Å². The average molecular weight is 297 g/mol. The fourth-order valence-corrected chi connectivity index (χ4v) is 5.25. The Morgan fingerprint density at radius 2 is 1.58 bits per heavy atom. The Bertz CT molecular complexity index is 238. The van der Waals surface area contributed by atoms with E-state index in [2.05, 4.69) is 33.5 Å². The Kier molecular flexibility index (Phi) is 4.86. The zero-order valence-electron chi connectivity index (χ0n) is 8.17. The minimum absolute atomic E-state index is 1.34. The Morgan fingerprint density at radius 3 is 1.83 bits per heavy atom. The van der Waals surface area contributed by atoms with Crippen molar-refractivity contribution in [3.8, 4) is 9.60 Å². The molecule has 0 N–H and O–H groups in total. The maximum absolute atomic E-state index is 11.4. The van der Waals surface area contributed by atoms with Crippen molar-refractivity contribution in [1.82, 2.24) is 0 Å². The fraction of sp³-hybridized carbons (Fsp3) is 0.714. The molecule has 0 aromatic rings. The molecule has 0 atom stereocenters. The van der Waals surface area contributed by atoms with Crippen LogP contribution in [0.25, 0.3) is 0 Å². The normalized spacial score (nSPS) is 12.1. The Balaban J connectivity index is 4.58. The number of rotatable bonds is 2. The van der Waals surface area contributed by atoms with E-state index in [9.17, 15) is 4.57 Å². The van der Waals surface area contributed by atoms with Crippen molar-refractivity contribution < 1.29 is 13.6 Å². The van der Waals surface area contributed by atoms with Gasteiger partial charge in [0, 0.05) is 0 Å². The van der Waals surface area contributed by atoms with Crippen LogP contribution in [0.2, 0.25) is 14.8 Å². The van der Waals surface area contributed by atoms with Gasteiger partial charge in [-0.25, -0.2) is 0 Å². The molecule has 3 nitrogen and oxygen atoms in total. The quantitative estimate of drug-likeness (QED) is 0.446. The number of hydrogen-bond acceptors (Lipinski definition) is 3. The molecule has 5 heteroatoms. The van der Waals surface area contributed by atoms with Crippen molar-refractivity contribution >= 4 is 26.0 Å². The molecule has 0 aliphatic carbocycles. The molecule has 0 fully saturated rings. The van der Waals surface area contributed by atoms with Crippen molar-refractivity contribution in [1.29, 1.82) is 0 Å². The Hall–Kier alpha value is 0.509. The molecule has 0 bridgehead atoms. The molecular weight excluding hydrogens is 282 g/mol. The second kappa shape index (κ2) is 4.66. The minimum atomic E-state index is -3.09. The van der Waals surface area contributed by atoms with Crippen molar-refractivity contribution in [2.75, 3.05) is 14.2 Å². The summed E-state index contributed by atoms with van der Waals surface area (Å²) >= 11 is -2.16. The van der Waals surface area contributed by atoms with Gasteiger partial charge in [0.2, 0.25) is 0 Å². The Morgan fingerprint density at radius 1 is 1.17 bits per heavy atom. The zero-order chi connectivity index (χ0) is 9.83. The van der Waals surface area contributed by atoms with Gasteiger partial charge in [-0.2, -0.15) is 0 Å². The molecule has 0 rings (SSSR count). The van der Waals surface area contributed by atoms with Crippen LogP contribution in [0.15, 0.2) is 0 Å². The second-order valence-electron chi connectivity index (χ2n) is 3.35. The predicted octanol–water partition coefficient (Wildman–Crippen LogP) is 2.31. The van der Waals surface area contributed by atoms with Crippen molar-refractivity contribution in [3.05, 3.63) is 0 Å². The summed E-state index contributed by atoms with van der Waals surface area (Å²) in [5.41, 5.74) is 2.59. The van der Waals surface area contributed by atoms with E-state index in [1.165, 1.54) is 14.2 Å². The van der Waals surface area contributed by atoms with Gasteiger partial charge in [-0.15, -0.1) is 0 Å². The van der Waals surface area contributed by atoms with E-state index in [0.717, 1.165) is 0 Å². The van der Waals surface area contributed by atoms with Crippen LogP contribution in [0.4, 0.5) is 0 Å². The first-order valence-electron chi connectivity index (χ1n) is 3.59. The van der Waals surface area contributed by atoms with Gasteiger partial charge in [0.15, 0.2) is 0 Å². The third-order valence-corrected chi connectivity index (χ3v) is 5.49. The molecule has 0 aromatic heterocycles. The summed E-state index contributed by atoms with van der Waals surface area (Å²) in [5.74, 6) is 0. The van der Waals surface area contributed by atoms with Crippen molar-refractivity contribution in [2.24, 2.45) is 0 Å². The summed E-state index contributed by atoms with van der Waals surface area (Å²) < 4.78 is 23.8. The molecule has 0 amide bonds. The van der Waals surface area contributed by atoms with Crippen LogP contribution >= 0.6 is 7.60 Å². The van der Waals surface area contributed by atoms with Gasteiger partial charge in [-0.05, 0) is 0 Å². The van der Waals surface area contributed by atoms with Gasteiger partial charge in [0.05, 0.1) is 0 Å². The van der Waals surface area contributed by atoms with Gasteiger partial charge in [-0.3, -0.25) is 0 Å². The topological polar surface area (TPSA) is 35.5 Å². The summed E-state index contributed by atoms with van der Waals surface area (Å²) in [7, 11) is -0.397. The molecule has 0 heterocycles. The van der Waals surface area contributed by atoms with Crippen LogP contribution in [0.3, 0.4) is 0 Å². The molecule has 12 heavy (non-hydrogen) atoms. The van der Waals surface area contributed by atoms with Gasteiger partial charge in [0.1, 0.15) is 0 Å². The van der Waals surface area contributed by atoms with E-state index < -0.39 is 26.0 Å². The molecule has 0 spiro atoms. The van der Waals surface area contributed by atoms with Crippen LogP contribution < -0.4 is 0 Å². The van der Waals surface area contributed by atoms with Crippen LogP contribution in [-0.4, -0.2) is 32.6 Å². The molecule has 0 saturated heterocycles. The van der Waals surface area contributed by atoms with E-state index in [1.807, 2.05) is 0 Å². The first-order valence-corrected chi connectivity index (χ1v) is 15.1. The first kappa shape index (κ1) is 12.5. The van der Waals surface area contributed by atoms with Crippen molar-refractivity contribution in [2.45, 2.75) is 14.8 Å². The van der Waals surface area contributed by atoms with Crippen molar-refractivity contribution in [3.63, 3.8) is 0 Å². The molecule has 0 aromatic carbocycles. The van der Waals surface area contributed by atoms with E-state index in [-0.39, 0.29) is 0 Å². The van der Waals surface area contributed by atoms with Crippen LogP contribution in [0, 0.1) is 9.60 Å². The molecule has 70 valence electrons. The Labute approximate surface area is 78.2 Å².